The summed E-state index contributed by atoms with van der Waals surface area (Å²) in [6.45, 7) is 10.9. The number of quaternary nitrogens is 1. The van der Waals surface area contributed by atoms with Crippen LogP contribution in [0.5, 0.6) is 0 Å². The number of halogens is 4. The van der Waals surface area contributed by atoms with E-state index in [9.17, 15) is 23.6 Å². The van der Waals surface area contributed by atoms with Crippen molar-refractivity contribution in [2.24, 2.45) is 0 Å². The fraction of sp³-hybridized carbons (Fsp3) is 0.394. The highest BCUT2D eigenvalue weighted by molar-refractivity contribution is 7.52. The van der Waals surface area contributed by atoms with Gasteiger partial charge < -0.3 is 68.4 Å². The number of ether oxygens (including phenoxy) is 2. The second-order valence-corrected chi connectivity index (χ2v) is 24.4. The molecule has 0 radical (unpaired) electrons. The van der Waals surface area contributed by atoms with Crippen LogP contribution >= 0.6 is 23.2 Å². The smallest absolute Gasteiger partial charge is 0.407 e. The molecule has 3 amide bonds. The number of carboxylic acid groups (broad SMARTS) is 1. The Hall–Kier alpha value is -8.40. The van der Waals surface area contributed by atoms with Crippen LogP contribution in [0.3, 0.4) is 0 Å². The molecule has 23 nitrogen and oxygen atoms in total. The van der Waals surface area contributed by atoms with Crippen molar-refractivity contribution in [2.45, 2.75) is 149 Å². The molecule has 2 fully saturated rings. The third-order valence-corrected chi connectivity index (χ3v) is 14.6. The zero-order chi connectivity index (χ0) is 68.8. The lowest BCUT2D eigenvalue weighted by molar-refractivity contribution is -0.425. The zero-order valence-corrected chi connectivity index (χ0v) is 56.9. The second-order valence-electron chi connectivity index (χ2n) is 23.3. The van der Waals surface area contributed by atoms with Crippen molar-refractivity contribution in [1.82, 2.24) is 45.0 Å². The molecule has 1 unspecified atom stereocenters. The van der Waals surface area contributed by atoms with Crippen molar-refractivity contribution < 1.29 is 74.5 Å². The Bertz CT molecular complexity index is 3810. The van der Waals surface area contributed by atoms with Crippen LogP contribution in [0, 0.1) is 0 Å². The van der Waals surface area contributed by atoms with Crippen LogP contribution in [0.2, 0.25) is 10.0 Å². The number of fused-ring (bicyclic) bond motifs is 2. The fourth-order valence-electron chi connectivity index (χ4n) is 10.3. The van der Waals surface area contributed by atoms with Gasteiger partial charge in [-0.1, -0.05) is 103 Å². The minimum absolute atomic E-state index is 0. The Morgan fingerprint density at radius 3 is 1.42 bits per heavy atom. The fourth-order valence-corrected chi connectivity index (χ4v) is 10.7. The van der Waals surface area contributed by atoms with Gasteiger partial charge >= 0.3 is 41.3 Å². The van der Waals surface area contributed by atoms with Crippen LogP contribution < -0.4 is 44.7 Å². The van der Waals surface area contributed by atoms with Crippen LogP contribution in [0.4, 0.5) is 25.9 Å². The molecule has 0 spiro atoms. The molecular weight excluding hydrogens is 1330 g/mol. The quantitative estimate of drug-likeness (QED) is 0.0503. The average molecular weight is 1410 g/mol. The SMILES string of the molecule is C.CC(C)(C)OC(=O)NCCC(=O)N[C@H]1CCC[C@@H](Nc2ncc(Cl)c(-c3cn(-c4ccccc4)c4ccccc34)n2)C1.CC(C)(C)OC(=O)NCCC(=O)O.O=S=O.O=S=O.[2H]CF.[Cl-].[NH3+]C1CCC[C@@H](Nc2ncc(Cl)c(-c3cn(-c4ccccc4)c4ccccc34)n2)C1. The molecular formula is C66H84Cl3FN12O11S2. The number of carbonyl (C=O) groups is 4. The molecule has 0 saturated heterocycles. The van der Waals surface area contributed by atoms with E-state index >= 15 is 0 Å². The minimum atomic E-state index is -1.00. The van der Waals surface area contributed by atoms with Crippen molar-refractivity contribution >= 4 is 104 Å². The summed E-state index contributed by atoms with van der Waals surface area (Å²) in [7, 11) is -1.00. The molecule has 4 atom stereocenters. The van der Waals surface area contributed by atoms with Gasteiger partial charge in [-0.3, -0.25) is 14.0 Å². The molecule has 8 aromatic rings. The number of hydrogen-bond donors (Lipinski definition) is 7. The molecule has 514 valence electrons. The first kappa shape index (κ1) is 79.0. The number of amides is 3. The summed E-state index contributed by atoms with van der Waals surface area (Å²) < 4.78 is 63.1. The van der Waals surface area contributed by atoms with Gasteiger partial charge in [0.25, 0.3) is 0 Å². The van der Waals surface area contributed by atoms with Crippen molar-refractivity contribution in [2.75, 3.05) is 30.9 Å². The number of anilines is 2. The number of benzene rings is 4. The summed E-state index contributed by atoms with van der Waals surface area (Å²) in [6, 6.07) is 38.0. The van der Waals surface area contributed by atoms with Gasteiger partial charge in [-0.05, 0) is 123 Å². The molecule has 9 N–H and O–H groups in total. The maximum atomic E-state index is 12.5. The standard InChI is InChI=1S/C32H37ClN6O3.C24H24ClN5.C8H15NO4.CH3F.CH4.ClH.2O2S/c1-32(2,3)42-31(41)34-17-16-28(40)36-21-10-9-11-22(18-21)37-30-35-19-26(33)29(38-30)25-20-39(23-12-5-4-6-13-23)27-15-8-7-14-24(25)27;25-21-14-27-24(28-17-8-6-7-16(26)13-17)29-23(21)20-15-30(18-9-2-1-3-10-18)22-12-5-4-11-19(20)22;1-8(2,3)13-7(12)9-5-4-6(10)11;1-2;;;2*1-3-2/h4-8,12-15,19-22H,9-11,16-18H2,1-3H3,(H,34,41)(H,36,40)(H,35,37,38);1-5,9-12,14-17H,6-8,13,26H2,(H,27,28,29);4-5H2,1-3H3,(H,9,12)(H,10,11);1H3;1H4;1H;;/t21-,22+;16?,17-;;;;;;/m01....../s1/i;;;1D;;;;. The molecule has 2 aliphatic rings. The molecule has 4 aromatic heterocycles. The molecule has 4 heterocycles. The number of rotatable bonds is 15. The Labute approximate surface area is 577 Å². The predicted molar refractivity (Wildman–Crippen MR) is 366 cm³/mol. The summed E-state index contributed by atoms with van der Waals surface area (Å²) in [5.74, 6) is 0.0853. The van der Waals surface area contributed by atoms with E-state index in [-0.39, 0.29) is 63.8 Å². The molecule has 29 heteroatoms. The number of hydrogen-bond acceptors (Lipinski definition) is 16. The Morgan fingerprint density at radius 2 is 1.01 bits per heavy atom. The van der Waals surface area contributed by atoms with Crippen LogP contribution in [0.1, 0.15) is 115 Å². The maximum Gasteiger partial charge on any atom is 0.407 e. The summed E-state index contributed by atoms with van der Waals surface area (Å²) in [6.07, 6.45) is 14.6. The van der Waals surface area contributed by atoms with Crippen LogP contribution in [0.15, 0.2) is 134 Å². The van der Waals surface area contributed by atoms with Gasteiger partial charge in [0, 0.05) is 89.7 Å². The van der Waals surface area contributed by atoms with Gasteiger partial charge in [0.2, 0.25) is 17.8 Å². The first-order valence-corrected chi connectivity index (χ1v) is 31.9. The molecule has 0 aliphatic heterocycles. The van der Waals surface area contributed by atoms with Gasteiger partial charge in [-0.25, -0.2) is 29.5 Å². The molecule has 2 saturated carbocycles. The highest BCUT2D eigenvalue weighted by atomic mass is 35.5. The molecule has 10 rings (SSSR count). The number of carbonyl (C=O) groups excluding carboxylic acids is 3. The number of alkyl carbamates (subject to hydrolysis) is 2. The molecule has 4 aromatic carbocycles. The third-order valence-electron chi connectivity index (χ3n) is 14.0. The summed E-state index contributed by atoms with van der Waals surface area (Å²) in [5, 5.41) is 26.5. The van der Waals surface area contributed by atoms with Crippen molar-refractivity contribution in [3.8, 4) is 33.9 Å². The Kier molecular flexibility index (Phi) is 33.9. The van der Waals surface area contributed by atoms with Crippen molar-refractivity contribution in [3.63, 3.8) is 0 Å². The lowest BCUT2D eigenvalue weighted by Crippen LogP contribution is -3.00. The molecule has 0 bridgehead atoms. The van der Waals surface area contributed by atoms with Gasteiger partial charge in [-0.15, -0.1) is 0 Å². The number of alkyl halides is 1. The summed E-state index contributed by atoms with van der Waals surface area (Å²) in [4.78, 5) is 63.9. The van der Waals surface area contributed by atoms with E-state index in [0.29, 0.717) is 39.7 Å². The molecule has 2 aliphatic carbocycles. The Morgan fingerprint density at radius 1 is 0.632 bits per heavy atom. The summed E-state index contributed by atoms with van der Waals surface area (Å²) in [5.41, 5.74) is 10.8. The van der Waals surface area contributed by atoms with Gasteiger partial charge in [0.1, 0.15) is 11.2 Å². The van der Waals surface area contributed by atoms with E-state index in [1.165, 1.54) is 12.8 Å². The van der Waals surface area contributed by atoms with Gasteiger partial charge in [-0.2, -0.15) is 16.8 Å². The van der Waals surface area contributed by atoms with Gasteiger partial charge in [0.05, 0.1) is 65.8 Å². The second kappa shape index (κ2) is 40.8. The number of carboxylic acids is 1. The van der Waals surface area contributed by atoms with Crippen LogP contribution in [-0.4, -0.2) is 131 Å². The number of aliphatic carboxylic acids is 1. The van der Waals surface area contributed by atoms with E-state index in [1.807, 2.05) is 54.6 Å². The lowest BCUT2D eigenvalue weighted by atomic mass is 9.91. The van der Waals surface area contributed by atoms with Gasteiger partial charge in [0.15, 0.2) is 0 Å². The average Bonchev–Trinajstić information content (AvgIpc) is 1.62. The highest BCUT2D eigenvalue weighted by Gasteiger charge is 2.27. The Balaban J connectivity index is 0.000000386. The third kappa shape index (κ3) is 26.7. The highest BCUT2D eigenvalue weighted by Crippen LogP contribution is 2.38. The van der Waals surface area contributed by atoms with E-state index in [0.717, 1.165) is 88.5 Å². The zero-order valence-electron chi connectivity index (χ0n) is 54.0. The number of nitrogens with one attached hydrogen (secondary N) is 5. The normalized spacial score (nSPS) is 15.5. The largest absolute Gasteiger partial charge is 1.00 e. The topological polar surface area (TPSA) is 324 Å². The number of nitrogens with zero attached hydrogens (tertiary/aromatic N) is 6. The summed E-state index contributed by atoms with van der Waals surface area (Å²) >= 11 is 11.7. The van der Waals surface area contributed by atoms with E-state index in [1.54, 1.807) is 53.9 Å². The predicted octanol–water partition coefficient (Wildman–Crippen LogP) is 9.07. The minimum Gasteiger partial charge on any atom is -1.00 e. The van der Waals surface area contributed by atoms with E-state index < -0.39 is 59.7 Å². The van der Waals surface area contributed by atoms with Crippen molar-refractivity contribution in [1.29, 1.82) is 0 Å². The van der Waals surface area contributed by atoms with E-state index in [4.69, 9.17) is 66.0 Å². The van der Waals surface area contributed by atoms with Crippen LogP contribution in [0.25, 0.3) is 55.7 Å². The first-order chi connectivity index (χ1) is 44.9. The number of aromatic nitrogens is 6. The maximum absolute atomic E-state index is 12.5. The van der Waals surface area contributed by atoms with E-state index in [2.05, 4.69) is 118 Å². The van der Waals surface area contributed by atoms with Crippen molar-refractivity contribution in [3.05, 3.63) is 144 Å². The van der Waals surface area contributed by atoms with Crippen LogP contribution in [-0.2, 0) is 42.2 Å². The lowest BCUT2D eigenvalue weighted by Gasteiger charge is -2.30. The first-order valence-electron chi connectivity index (χ1n) is 30.5. The number of para-hydroxylation sites is 4. The monoisotopic (exact) mass is 1410 g/mol. The molecule has 95 heavy (non-hydrogen) atoms.